The SMILES string of the molecule is COc1cc(OC)cc(C(=O)N2CCC(N(C)c3ncc(Cl)cn3)CC2)c1. The highest BCUT2D eigenvalue weighted by Gasteiger charge is 2.27. The van der Waals surface area contributed by atoms with Crippen LogP contribution in [0.3, 0.4) is 0 Å². The first-order valence-electron chi connectivity index (χ1n) is 8.74. The molecule has 3 rings (SSSR count). The second-order valence-electron chi connectivity index (χ2n) is 6.44. The molecule has 8 heteroatoms. The molecule has 0 N–H and O–H groups in total. The largest absolute Gasteiger partial charge is 0.497 e. The molecule has 1 amide bonds. The minimum atomic E-state index is -0.0176. The number of nitrogens with zero attached hydrogens (tertiary/aromatic N) is 4. The maximum absolute atomic E-state index is 12.9. The fourth-order valence-corrected chi connectivity index (χ4v) is 3.32. The zero-order valence-electron chi connectivity index (χ0n) is 15.7. The fourth-order valence-electron chi connectivity index (χ4n) is 3.22. The molecule has 0 radical (unpaired) electrons. The molecule has 0 atom stereocenters. The minimum Gasteiger partial charge on any atom is -0.497 e. The Morgan fingerprint density at radius 1 is 1.11 bits per heavy atom. The van der Waals surface area contributed by atoms with Gasteiger partial charge in [0, 0.05) is 37.8 Å². The summed E-state index contributed by atoms with van der Waals surface area (Å²) < 4.78 is 10.5. The summed E-state index contributed by atoms with van der Waals surface area (Å²) in [5, 5.41) is 0.515. The third-order valence-corrected chi connectivity index (χ3v) is 5.02. The molecule has 27 heavy (non-hydrogen) atoms. The summed E-state index contributed by atoms with van der Waals surface area (Å²) >= 11 is 5.85. The van der Waals surface area contributed by atoms with E-state index in [1.54, 1.807) is 44.8 Å². The fraction of sp³-hybridized carbons (Fsp3) is 0.421. The molecule has 1 aliphatic heterocycles. The van der Waals surface area contributed by atoms with Gasteiger partial charge in [-0.05, 0) is 25.0 Å². The molecular formula is C19H23ClN4O3. The lowest BCUT2D eigenvalue weighted by Crippen LogP contribution is -2.46. The maximum atomic E-state index is 12.9. The van der Waals surface area contributed by atoms with Gasteiger partial charge in [0.2, 0.25) is 5.95 Å². The van der Waals surface area contributed by atoms with Crippen molar-refractivity contribution in [1.82, 2.24) is 14.9 Å². The van der Waals surface area contributed by atoms with Gasteiger partial charge in [-0.3, -0.25) is 4.79 Å². The molecular weight excluding hydrogens is 368 g/mol. The molecule has 0 spiro atoms. The summed E-state index contributed by atoms with van der Waals surface area (Å²) in [7, 11) is 5.12. The molecule has 1 aromatic carbocycles. The maximum Gasteiger partial charge on any atom is 0.254 e. The summed E-state index contributed by atoms with van der Waals surface area (Å²) in [5.41, 5.74) is 0.569. The van der Waals surface area contributed by atoms with E-state index in [2.05, 4.69) is 9.97 Å². The zero-order valence-corrected chi connectivity index (χ0v) is 16.4. The van der Waals surface area contributed by atoms with E-state index in [1.165, 1.54) is 0 Å². The third kappa shape index (κ3) is 4.42. The predicted molar refractivity (Wildman–Crippen MR) is 104 cm³/mol. The molecule has 1 aromatic heterocycles. The number of ether oxygens (including phenoxy) is 2. The van der Waals surface area contributed by atoms with E-state index < -0.39 is 0 Å². The van der Waals surface area contributed by atoms with Gasteiger partial charge >= 0.3 is 0 Å². The van der Waals surface area contributed by atoms with Gasteiger partial charge in [0.05, 0.1) is 31.6 Å². The standard InChI is InChI=1S/C19H23ClN4O3/c1-23(19-21-11-14(20)12-22-19)15-4-6-24(7-5-15)18(25)13-8-16(26-2)10-17(9-13)27-3/h8-12,15H,4-7H2,1-3H3. The van der Waals surface area contributed by atoms with Gasteiger partial charge < -0.3 is 19.3 Å². The Labute approximate surface area is 163 Å². The smallest absolute Gasteiger partial charge is 0.254 e. The normalized spacial score (nSPS) is 14.7. The number of carbonyl (C=O) groups excluding carboxylic acids is 1. The van der Waals surface area contributed by atoms with E-state index in [4.69, 9.17) is 21.1 Å². The highest BCUT2D eigenvalue weighted by Crippen LogP contribution is 2.25. The molecule has 144 valence electrons. The van der Waals surface area contributed by atoms with Crippen molar-refractivity contribution in [2.24, 2.45) is 0 Å². The Morgan fingerprint density at radius 3 is 2.19 bits per heavy atom. The minimum absolute atomic E-state index is 0.0176. The molecule has 1 saturated heterocycles. The van der Waals surface area contributed by atoms with E-state index in [9.17, 15) is 4.79 Å². The first-order chi connectivity index (χ1) is 13.0. The number of carbonyl (C=O) groups is 1. The van der Waals surface area contributed by atoms with Crippen molar-refractivity contribution in [2.75, 3.05) is 39.3 Å². The van der Waals surface area contributed by atoms with Gasteiger partial charge in [0.15, 0.2) is 0 Å². The van der Waals surface area contributed by atoms with E-state index >= 15 is 0 Å². The Morgan fingerprint density at radius 2 is 1.67 bits per heavy atom. The van der Waals surface area contributed by atoms with Crippen LogP contribution in [0, 0.1) is 0 Å². The van der Waals surface area contributed by atoms with Crippen molar-refractivity contribution in [3.8, 4) is 11.5 Å². The van der Waals surface area contributed by atoms with Crippen LogP contribution in [0.25, 0.3) is 0 Å². The molecule has 1 aliphatic rings. The van der Waals surface area contributed by atoms with Crippen LogP contribution in [0.15, 0.2) is 30.6 Å². The number of piperidine rings is 1. The quantitative estimate of drug-likeness (QED) is 0.782. The van der Waals surface area contributed by atoms with Gasteiger partial charge in [-0.2, -0.15) is 0 Å². The molecule has 0 bridgehead atoms. The monoisotopic (exact) mass is 390 g/mol. The van der Waals surface area contributed by atoms with E-state index in [0.29, 0.717) is 41.1 Å². The van der Waals surface area contributed by atoms with Crippen molar-refractivity contribution in [3.63, 3.8) is 0 Å². The van der Waals surface area contributed by atoms with E-state index in [0.717, 1.165) is 12.8 Å². The number of anilines is 1. The van der Waals surface area contributed by atoms with Gasteiger partial charge in [0.25, 0.3) is 5.91 Å². The van der Waals surface area contributed by atoms with Crippen molar-refractivity contribution < 1.29 is 14.3 Å². The highest BCUT2D eigenvalue weighted by molar-refractivity contribution is 6.30. The lowest BCUT2D eigenvalue weighted by molar-refractivity contribution is 0.0712. The van der Waals surface area contributed by atoms with Crippen LogP contribution in [0.1, 0.15) is 23.2 Å². The molecule has 0 unspecified atom stereocenters. The Kier molecular flexibility index (Phi) is 6.01. The Bertz CT molecular complexity index is 770. The summed E-state index contributed by atoms with van der Waals surface area (Å²) in [6.45, 7) is 1.34. The van der Waals surface area contributed by atoms with E-state index in [1.807, 2.05) is 16.8 Å². The van der Waals surface area contributed by atoms with Crippen molar-refractivity contribution in [2.45, 2.75) is 18.9 Å². The summed E-state index contributed by atoms with van der Waals surface area (Å²) in [4.78, 5) is 25.3. The average Bonchev–Trinajstić information content (AvgIpc) is 2.73. The topological polar surface area (TPSA) is 67.8 Å². The number of hydrogen-bond donors (Lipinski definition) is 0. The first kappa shape index (κ1) is 19.2. The van der Waals surface area contributed by atoms with Crippen LogP contribution < -0.4 is 14.4 Å². The number of likely N-dealkylation sites (tertiary alicyclic amines) is 1. The number of amides is 1. The van der Waals surface area contributed by atoms with Crippen LogP contribution in [-0.4, -0.2) is 61.2 Å². The molecule has 2 aromatic rings. The van der Waals surface area contributed by atoms with E-state index in [-0.39, 0.29) is 11.9 Å². The van der Waals surface area contributed by atoms with Crippen LogP contribution in [0.5, 0.6) is 11.5 Å². The second-order valence-corrected chi connectivity index (χ2v) is 6.87. The molecule has 1 fully saturated rings. The number of halogens is 1. The van der Waals surface area contributed by atoms with Crippen LogP contribution in [-0.2, 0) is 0 Å². The number of rotatable bonds is 5. The molecule has 7 nitrogen and oxygen atoms in total. The van der Waals surface area contributed by atoms with Crippen LogP contribution >= 0.6 is 11.6 Å². The number of methoxy groups -OCH3 is 2. The first-order valence-corrected chi connectivity index (χ1v) is 9.12. The van der Waals surface area contributed by atoms with Crippen LogP contribution in [0.2, 0.25) is 5.02 Å². The summed E-state index contributed by atoms with van der Waals surface area (Å²) in [5.74, 6) is 1.83. The molecule has 2 heterocycles. The van der Waals surface area contributed by atoms with Crippen molar-refractivity contribution in [1.29, 1.82) is 0 Å². The lowest BCUT2D eigenvalue weighted by atomic mass is 10.0. The molecule has 0 aliphatic carbocycles. The van der Waals surface area contributed by atoms with Gasteiger partial charge in [-0.15, -0.1) is 0 Å². The average molecular weight is 391 g/mol. The Hall–Kier alpha value is -2.54. The number of hydrogen-bond acceptors (Lipinski definition) is 6. The van der Waals surface area contributed by atoms with Crippen molar-refractivity contribution in [3.05, 3.63) is 41.2 Å². The Balaban J connectivity index is 1.65. The van der Waals surface area contributed by atoms with Gasteiger partial charge in [-0.1, -0.05) is 11.6 Å². The van der Waals surface area contributed by atoms with Gasteiger partial charge in [0.1, 0.15) is 11.5 Å². The second kappa shape index (κ2) is 8.43. The lowest BCUT2D eigenvalue weighted by Gasteiger charge is -2.36. The summed E-state index contributed by atoms with van der Waals surface area (Å²) in [6, 6.07) is 5.51. The van der Waals surface area contributed by atoms with Gasteiger partial charge in [-0.25, -0.2) is 9.97 Å². The number of benzene rings is 1. The predicted octanol–water partition coefficient (Wildman–Crippen LogP) is 2.89. The molecule has 0 saturated carbocycles. The third-order valence-electron chi connectivity index (χ3n) is 4.82. The van der Waals surface area contributed by atoms with Crippen LogP contribution in [0.4, 0.5) is 5.95 Å². The number of aromatic nitrogens is 2. The summed E-state index contributed by atoms with van der Waals surface area (Å²) in [6.07, 6.45) is 4.87. The highest BCUT2D eigenvalue weighted by atomic mass is 35.5. The zero-order chi connectivity index (χ0) is 19.4. The van der Waals surface area contributed by atoms with Crippen molar-refractivity contribution >= 4 is 23.5 Å².